The number of rotatable bonds is 5. The Hall–Kier alpha value is -2.61. The summed E-state index contributed by atoms with van der Waals surface area (Å²) in [4.78, 5) is 23.7. The zero-order valence-corrected chi connectivity index (χ0v) is 17.8. The molecule has 8 heteroatoms. The molecule has 0 unspecified atom stereocenters. The molecular weight excluding hydrogens is 380 g/mol. The van der Waals surface area contributed by atoms with Crippen molar-refractivity contribution in [2.45, 2.75) is 45.7 Å². The van der Waals surface area contributed by atoms with Crippen LogP contribution in [0.3, 0.4) is 0 Å². The second-order valence-electron chi connectivity index (χ2n) is 8.28. The van der Waals surface area contributed by atoms with Crippen LogP contribution < -0.4 is 10.2 Å². The molecule has 0 radical (unpaired) electrons. The third-order valence-corrected chi connectivity index (χ3v) is 5.90. The van der Waals surface area contributed by atoms with Gasteiger partial charge >= 0.3 is 6.03 Å². The summed E-state index contributed by atoms with van der Waals surface area (Å²) >= 11 is 0. The molecule has 2 amide bonds. The molecule has 30 heavy (non-hydrogen) atoms. The van der Waals surface area contributed by atoms with Gasteiger partial charge in [0.05, 0.1) is 12.2 Å². The number of carbonyl (C=O) groups is 1. The van der Waals surface area contributed by atoms with E-state index in [4.69, 9.17) is 4.52 Å². The van der Waals surface area contributed by atoms with Crippen LogP contribution >= 0.6 is 0 Å². The maximum absolute atomic E-state index is 12.6. The molecule has 0 aromatic carbocycles. The summed E-state index contributed by atoms with van der Waals surface area (Å²) in [5.74, 6) is 1.91. The summed E-state index contributed by atoms with van der Waals surface area (Å²) in [5.41, 5.74) is 2.00. The van der Waals surface area contributed by atoms with Crippen LogP contribution in [-0.4, -0.2) is 65.2 Å². The zero-order chi connectivity index (χ0) is 20.8. The zero-order valence-electron chi connectivity index (χ0n) is 17.8. The number of piperazine rings is 1. The van der Waals surface area contributed by atoms with Crippen molar-refractivity contribution in [2.75, 3.05) is 44.2 Å². The van der Waals surface area contributed by atoms with Gasteiger partial charge in [-0.25, -0.2) is 9.78 Å². The topological polar surface area (TPSA) is 77.7 Å². The Morgan fingerprint density at radius 2 is 1.83 bits per heavy atom. The molecule has 2 aromatic heterocycles. The number of nitrogens with zero attached hydrogens (tertiary/aromatic N) is 5. The van der Waals surface area contributed by atoms with E-state index in [0.717, 1.165) is 55.6 Å². The number of amides is 2. The van der Waals surface area contributed by atoms with Crippen molar-refractivity contribution in [1.82, 2.24) is 25.3 Å². The molecule has 0 spiro atoms. The number of aryl methyl sites for hydroxylation is 1. The van der Waals surface area contributed by atoms with E-state index in [0.29, 0.717) is 19.6 Å². The second kappa shape index (κ2) is 9.93. The van der Waals surface area contributed by atoms with Gasteiger partial charge in [0.1, 0.15) is 5.82 Å². The first-order valence-electron chi connectivity index (χ1n) is 11.0. The van der Waals surface area contributed by atoms with Gasteiger partial charge < -0.3 is 19.6 Å². The monoisotopic (exact) mass is 412 g/mol. The molecule has 2 aliphatic heterocycles. The highest BCUT2D eigenvalue weighted by Crippen LogP contribution is 2.18. The van der Waals surface area contributed by atoms with Crippen molar-refractivity contribution in [2.24, 2.45) is 0 Å². The lowest BCUT2D eigenvalue weighted by molar-refractivity contribution is 0.128. The molecule has 0 saturated carbocycles. The van der Waals surface area contributed by atoms with Crippen LogP contribution in [-0.2, 0) is 13.1 Å². The number of anilines is 1. The van der Waals surface area contributed by atoms with E-state index >= 15 is 0 Å². The first-order chi connectivity index (χ1) is 14.7. The molecule has 2 aliphatic rings. The van der Waals surface area contributed by atoms with Crippen LogP contribution in [0.1, 0.15) is 42.7 Å². The fourth-order valence-corrected chi connectivity index (χ4v) is 4.15. The Balaban J connectivity index is 1.23. The number of carbonyl (C=O) groups excluding carboxylic acids is 1. The predicted octanol–water partition coefficient (Wildman–Crippen LogP) is 2.79. The molecule has 162 valence electrons. The van der Waals surface area contributed by atoms with Gasteiger partial charge in [-0.3, -0.25) is 4.90 Å². The number of aromatic nitrogens is 2. The molecule has 0 atom stereocenters. The summed E-state index contributed by atoms with van der Waals surface area (Å²) in [5, 5.41) is 7.01. The molecule has 1 N–H and O–H groups in total. The molecule has 8 nitrogen and oxygen atoms in total. The number of urea groups is 1. The molecule has 4 rings (SSSR count). The van der Waals surface area contributed by atoms with E-state index in [9.17, 15) is 4.79 Å². The lowest BCUT2D eigenvalue weighted by Gasteiger charge is -2.34. The molecule has 0 aliphatic carbocycles. The molecular formula is C22H32N6O2. The second-order valence-corrected chi connectivity index (χ2v) is 8.28. The van der Waals surface area contributed by atoms with Crippen LogP contribution in [0.25, 0.3) is 0 Å². The van der Waals surface area contributed by atoms with Crippen molar-refractivity contribution < 1.29 is 9.32 Å². The minimum atomic E-state index is -0.00158. The van der Waals surface area contributed by atoms with Crippen molar-refractivity contribution >= 4 is 11.8 Å². The first-order valence-corrected chi connectivity index (χ1v) is 11.0. The fourth-order valence-electron chi connectivity index (χ4n) is 4.15. The summed E-state index contributed by atoms with van der Waals surface area (Å²) in [7, 11) is 0. The summed E-state index contributed by atoms with van der Waals surface area (Å²) in [6.45, 7) is 8.44. The maximum Gasteiger partial charge on any atom is 0.317 e. The van der Waals surface area contributed by atoms with Gasteiger partial charge in [-0.1, -0.05) is 18.0 Å². The molecule has 0 bridgehead atoms. The summed E-state index contributed by atoms with van der Waals surface area (Å²) < 4.78 is 5.30. The van der Waals surface area contributed by atoms with E-state index in [1.165, 1.54) is 25.7 Å². The van der Waals surface area contributed by atoms with Gasteiger partial charge in [0, 0.05) is 58.1 Å². The average Bonchev–Trinajstić information content (AvgIpc) is 3.01. The Bertz CT molecular complexity index is 823. The molecule has 2 saturated heterocycles. The van der Waals surface area contributed by atoms with Gasteiger partial charge in [0.2, 0.25) is 0 Å². The number of pyridine rings is 1. The minimum Gasteiger partial charge on any atom is -0.360 e. The van der Waals surface area contributed by atoms with Crippen LogP contribution in [0.5, 0.6) is 0 Å². The van der Waals surface area contributed by atoms with Crippen LogP contribution in [0.2, 0.25) is 0 Å². The number of hydrogen-bond donors (Lipinski definition) is 1. The van der Waals surface area contributed by atoms with E-state index in [1.54, 1.807) is 0 Å². The SMILES string of the molecule is Cc1cc(CN2CCN(C(=O)NCc3ccnc(N4CCCCCC4)c3)CC2)on1. The van der Waals surface area contributed by atoms with E-state index < -0.39 is 0 Å². The third kappa shape index (κ3) is 5.50. The van der Waals surface area contributed by atoms with Gasteiger partial charge in [0.25, 0.3) is 0 Å². The van der Waals surface area contributed by atoms with E-state index in [2.05, 4.69) is 31.3 Å². The lowest BCUT2D eigenvalue weighted by Crippen LogP contribution is -2.51. The van der Waals surface area contributed by atoms with Gasteiger partial charge in [0.15, 0.2) is 5.76 Å². The third-order valence-electron chi connectivity index (χ3n) is 5.90. The summed E-state index contributed by atoms with van der Waals surface area (Å²) in [6.07, 6.45) is 6.91. The maximum atomic E-state index is 12.6. The van der Waals surface area contributed by atoms with Gasteiger partial charge in [-0.05, 0) is 37.5 Å². The van der Waals surface area contributed by atoms with Crippen LogP contribution in [0.15, 0.2) is 28.9 Å². The average molecular weight is 413 g/mol. The van der Waals surface area contributed by atoms with Crippen molar-refractivity contribution in [1.29, 1.82) is 0 Å². The number of nitrogens with one attached hydrogen (secondary N) is 1. The van der Waals surface area contributed by atoms with Crippen LogP contribution in [0, 0.1) is 6.92 Å². The Kier molecular flexibility index (Phi) is 6.84. The molecule has 4 heterocycles. The molecule has 2 fully saturated rings. The fraction of sp³-hybridized carbons (Fsp3) is 0.591. The van der Waals surface area contributed by atoms with Crippen molar-refractivity contribution in [3.05, 3.63) is 41.4 Å². The van der Waals surface area contributed by atoms with E-state index in [-0.39, 0.29) is 6.03 Å². The quantitative estimate of drug-likeness (QED) is 0.814. The van der Waals surface area contributed by atoms with Gasteiger partial charge in [-0.15, -0.1) is 0 Å². The smallest absolute Gasteiger partial charge is 0.317 e. The standard InChI is InChI=1S/C22H32N6O2/c1-18-14-20(30-25-18)17-26-10-12-28(13-11-26)22(29)24-16-19-6-7-23-21(15-19)27-8-4-2-3-5-9-27/h6-7,14-15H,2-5,8-13,16-17H2,1H3,(H,24,29). The van der Waals surface area contributed by atoms with Crippen molar-refractivity contribution in [3.63, 3.8) is 0 Å². The van der Waals surface area contributed by atoms with E-state index in [1.807, 2.05) is 30.2 Å². The van der Waals surface area contributed by atoms with Crippen LogP contribution in [0.4, 0.5) is 10.6 Å². The predicted molar refractivity (Wildman–Crippen MR) is 115 cm³/mol. The normalized spacial score (nSPS) is 18.3. The molecule has 2 aromatic rings. The Morgan fingerprint density at radius 3 is 2.53 bits per heavy atom. The van der Waals surface area contributed by atoms with Crippen molar-refractivity contribution in [3.8, 4) is 0 Å². The largest absolute Gasteiger partial charge is 0.360 e. The Morgan fingerprint density at radius 1 is 1.07 bits per heavy atom. The highest BCUT2D eigenvalue weighted by atomic mass is 16.5. The number of hydrogen-bond acceptors (Lipinski definition) is 6. The minimum absolute atomic E-state index is 0.00158. The summed E-state index contributed by atoms with van der Waals surface area (Å²) in [6, 6.07) is 6.06. The first kappa shape index (κ1) is 20.7. The highest BCUT2D eigenvalue weighted by molar-refractivity contribution is 5.74. The van der Waals surface area contributed by atoms with Gasteiger partial charge in [-0.2, -0.15) is 0 Å². The Labute approximate surface area is 178 Å². The highest BCUT2D eigenvalue weighted by Gasteiger charge is 2.22. The lowest BCUT2D eigenvalue weighted by atomic mass is 10.2.